The average molecular weight is 368 g/mol. The van der Waals surface area contributed by atoms with Crippen LogP contribution in [0.25, 0.3) is 0 Å². The minimum atomic E-state index is -0.153. The number of aromatic hydroxyl groups is 1. The highest BCUT2D eigenvalue weighted by Crippen LogP contribution is 2.18. The van der Waals surface area contributed by atoms with Crippen LogP contribution in [0.1, 0.15) is 24.2 Å². The molecular weight excluding hydrogens is 342 g/mol. The van der Waals surface area contributed by atoms with Crippen molar-refractivity contribution >= 4 is 23.1 Å². The molecule has 6 nitrogen and oxygen atoms in total. The fourth-order valence-electron chi connectivity index (χ4n) is 3.37. The maximum absolute atomic E-state index is 12.6. The van der Waals surface area contributed by atoms with Crippen molar-refractivity contribution in [2.24, 2.45) is 0 Å². The Morgan fingerprint density at radius 2 is 1.63 bits per heavy atom. The summed E-state index contributed by atoms with van der Waals surface area (Å²) >= 11 is 0. The van der Waals surface area contributed by atoms with Crippen LogP contribution in [0.4, 0.5) is 11.4 Å². The fraction of sp³-hybridized carbons (Fsp3) is 0.333. The molecule has 0 bridgehead atoms. The number of anilines is 2. The molecule has 1 saturated heterocycles. The number of hydrogen-bond acceptors (Lipinski definition) is 4. The van der Waals surface area contributed by atoms with Gasteiger partial charge >= 0.3 is 0 Å². The van der Waals surface area contributed by atoms with Gasteiger partial charge in [0.25, 0.3) is 5.91 Å². The van der Waals surface area contributed by atoms with Crippen LogP contribution in [0.3, 0.4) is 0 Å². The smallest absolute Gasteiger partial charge is 0.282 e. The third-order valence-electron chi connectivity index (χ3n) is 5.19. The number of phenols is 1. The third-order valence-corrected chi connectivity index (χ3v) is 5.19. The van der Waals surface area contributed by atoms with Gasteiger partial charge in [0.15, 0.2) is 11.8 Å². The molecule has 1 aliphatic rings. The van der Waals surface area contributed by atoms with E-state index in [0.29, 0.717) is 11.3 Å². The number of quaternary nitrogens is 1. The van der Waals surface area contributed by atoms with E-state index in [4.69, 9.17) is 0 Å². The molecule has 2 aromatic rings. The first-order valence-corrected chi connectivity index (χ1v) is 9.24. The van der Waals surface area contributed by atoms with Gasteiger partial charge in [-0.2, -0.15) is 0 Å². The molecule has 1 atom stereocenters. The summed E-state index contributed by atoms with van der Waals surface area (Å²) in [6.07, 6.45) is 0. The van der Waals surface area contributed by atoms with Crippen LogP contribution in [0.2, 0.25) is 0 Å². The Morgan fingerprint density at radius 1 is 1.04 bits per heavy atom. The molecule has 6 heteroatoms. The van der Waals surface area contributed by atoms with Crippen LogP contribution in [-0.4, -0.2) is 49.0 Å². The zero-order valence-corrected chi connectivity index (χ0v) is 15.7. The highest BCUT2D eigenvalue weighted by molar-refractivity contribution is 5.96. The number of carbonyl (C=O) groups is 2. The predicted octanol–water partition coefficient (Wildman–Crippen LogP) is 1.33. The van der Waals surface area contributed by atoms with Crippen LogP contribution in [0, 0.1) is 0 Å². The van der Waals surface area contributed by atoms with E-state index in [1.807, 2.05) is 19.1 Å². The number of amides is 1. The van der Waals surface area contributed by atoms with Crippen molar-refractivity contribution in [1.82, 2.24) is 0 Å². The minimum Gasteiger partial charge on any atom is -0.508 e. The van der Waals surface area contributed by atoms with E-state index in [2.05, 4.69) is 10.2 Å². The highest BCUT2D eigenvalue weighted by atomic mass is 16.3. The number of phenolic OH excluding ortho intramolecular Hbond substituents is 1. The Balaban J connectivity index is 1.53. The Bertz CT molecular complexity index is 794. The van der Waals surface area contributed by atoms with E-state index < -0.39 is 0 Å². The molecule has 0 saturated carbocycles. The summed E-state index contributed by atoms with van der Waals surface area (Å²) in [6.45, 7) is 6.95. The summed E-state index contributed by atoms with van der Waals surface area (Å²) < 4.78 is 0. The summed E-state index contributed by atoms with van der Waals surface area (Å²) in [5.41, 5.74) is 2.44. The molecule has 3 N–H and O–H groups in total. The minimum absolute atomic E-state index is 0.0113. The summed E-state index contributed by atoms with van der Waals surface area (Å²) in [4.78, 5) is 27.4. The molecule has 3 rings (SSSR count). The lowest BCUT2D eigenvalue weighted by Crippen LogP contribution is -3.19. The summed E-state index contributed by atoms with van der Waals surface area (Å²) in [5.74, 6) is 0.264. The second kappa shape index (κ2) is 8.22. The number of ketones is 1. The monoisotopic (exact) mass is 368 g/mol. The number of nitrogens with zero attached hydrogens (tertiary/aromatic N) is 1. The van der Waals surface area contributed by atoms with E-state index in [1.54, 1.807) is 36.4 Å². The molecule has 0 spiro atoms. The Kier molecular flexibility index (Phi) is 5.76. The van der Waals surface area contributed by atoms with Crippen LogP contribution in [-0.2, 0) is 4.79 Å². The molecule has 1 fully saturated rings. The van der Waals surface area contributed by atoms with Gasteiger partial charge in [0, 0.05) is 16.9 Å². The number of rotatable bonds is 5. The molecule has 0 unspecified atom stereocenters. The van der Waals surface area contributed by atoms with E-state index >= 15 is 0 Å². The first-order valence-electron chi connectivity index (χ1n) is 9.24. The Labute approximate surface area is 159 Å². The van der Waals surface area contributed by atoms with Gasteiger partial charge < -0.3 is 20.2 Å². The van der Waals surface area contributed by atoms with Crippen LogP contribution >= 0.6 is 0 Å². The number of benzene rings is 2. The Hall–Kier alpha value is -2.86. The number of hydrogen-bond donors (Lipinski definition) is 3. The molecule has 1 amide bonds. The van der Waals surface area contributed by atoms with Crippen LogP contribution in [0.5, 0.6) is 5.75 Å². The van der Waals surface area contributed by atoms with Gasteiger partial charge in [0.05, 0.1) is 26.2 Å². The maximum atomic E-state index is 12.6. The van der Waals surface area contributed by atoms with Gasteiger partial charge in [-0.15, -0.1) is 0 Å². The van der Waals surface area contributed by atoms with Crippen LogP contribution < -0.4 is 15.1 Å². The number of piperazine rings is 1. The largest absolute Gasteiger partial charge is 0.508 e. The second-order valence-corrected chi connectivity index (χ2v) is 7.01. The van der Waals surface area contributed by atoms with Gasteiger partial charge in [0.2, 0.25) is 0 Å². The van der Waals surface area contributed by atoms with Crippen molar-refractivity contribution in [2.45, 2.75) is 19.9 Å². The van der Waals surface area contributed by atoms with E-state index in [0.717, 1.165) is 31.9 Å². The number of Topliss-reactive ketones (excluding diaryl/α,β-unsaturated/α-hetero) is 1. The summed E-state index contributed by atoms with van der Waals surface area (Å²) in [5, 5.41) is 12.4. The normalized spacial score (nSPS) is 16.0. The van der Waals surface area contributed by atoms with Gasteiger partial charge in [0.1, 0.15) is 5.75 Å². The SMILES string of the molecule is CC(=O)c1ccc(NC(=O)[C@H](C)[NH+]2CCN(c3ccc(O)cc3)CC2)cc1. The fourth-order valence-corrected chi connectivity index (χ4v) is 3.37. The van der Waals surface area contributed by atoms with Crippen molar-refractivity contribution in [3.63, 3.8) is 0 Å². The van der Waals surface area contributed by atoms with Gasteiger partial charge in [-0.1, -0.05) is 0 Å². The molecule has 1 heterocycles. The quantitative estimate of drug-likeness (QED) is 0.696. The average Bonchev–Trinajstić information content (AvgIpc) is 2.68. The first kappa shape index (κ1) is 18.9. The zero-order valence-electron chi connectivity index (χ0n) is 15.7. The lowest BCUT2D eigenvalue weighted by atomic mass is 10.1. The molecule has 0 aliphatic carbocycles. The van der Waals surface area contributed by atoms with Crippen LogP contribution in [0.15, 0.2) is 48.5 Å². The second-order valence-electron chi connectivity index (χ2n) is 7.01. The van der Waals surface area contributed by atoms with Crippen molar-refractivity contribution in [1.29, 1.82) is 0 Å². The molecule has 142 valence electrons. The number of carbonyl (C=O) groups excluding carboxylic acids is 2. The standard InChI is InChI=1S/C21H25N3O3/c1-15(21(27)22-18-5-3-17(4-6-18)16(2)25)23-11-13-24(14-12-23)19-7-9-20(26)10-8-19/h3-10,15,26H,11-14H2,1-2H3,(H,22,27)/p+1/t15-/m0/s1. The van der Waals surface area contributed by atoms with Gasteiger partial charge in [-0.05, 0) is 62.4 Å². The summed E-state index contributed by atoms with van der Waals surface area (Å²) in [7, 11) is 0. The Morgan fingerprint density at radius 3 is 2.19 bits per heavy atom. The van der Waals surface area contributed by atoms with Gasteiger partial charge in [-0.3, -0.25) is 9.59 Å². The topological polar surface area (TPSA) is 74.1 Å². The molecule has 27 heavy (non-hydrogen) atoms. The lowest BCUT2D eigenvalue weighted by Gasteiger charge is -2.36. The van der Waals surface area contributed by atoms with E-state index in [1.165, 1.54) is 11.8 Å². The molecule has 1 aliphatic heterocycles. The van der Waals surface area contributed by atoms with Crippen molar-refractivity contribution in [3.05, 3.63) is 54.1 Å². The lowest BCUT2D eigenvalue weighted by molar-refractivity contribution is -0.914. The first-order chi connectivity index (χ1) is 12.9. The van der Waals surface area contributed by atoms with Gasteiger partial charge in [-0.25, -0.2) is 0 Å². The molecule has 0 radical (unpaired) electrons. The third kappa shape index (κ3) is 4.65. The maximum Gasteiger partial charge on any atom is 0.282 e. The number of nitrogens with one attached hydrogen (secondary N) is 2. The molecule has 2 aromatic carbocycles. The van der Waals surface area contributed by atoms with E-state index in [9.17, 15) is 14.7 Å². The van der Waals surface area contributed by atoms with E-state index in [-0.39, 0.29) is 23.5 Å². The summed E-state index contributed by atoms with van der Waals surface area (Å²) in [6, 6.07) is 14.1. The predicted molar refractivity (Wildman–Crippen MR) is 106 cm³/mol. The molecule has 0 aromatic heterocycles. The zero-order chi connectivity index (χ0) is 19.4. The highest BCUT2D eigenvalue weighted by Gasteiger charge is 2.29. The van der Waals surface area contributed by atoms with Crippen molar-refractivity contribution in [3.8, 4) is 5.75 Å². The van der Waals surface area contributed by atoms with Crippen molar-refractivity contribution < 1.29 is 19.6 Å². The van der Waals surface area contributed by atoms with Crippen molar-refractivity contribution in [2.75, 3.05) is 36.4 Å². The molecular formula is C21H26N3O3+.